The van der Waals surface area contributed by atoms with Crippen LogP contribution in [-0.4, -0.2) is 11.1 Å². The van der Waals surface area contributed by atoms with E-state index in [1.165, 1.54) is 6.07 Å². The number of carbonyl (C=O) groups is 1. The fourth-order valence-corrected chi connectivity index (χ4v) is 2.61. The van der Waals surface area contributed by atoms with E-state index < -0.39 is 17.5 Å². The molecular weight excluding hydrogens is 350 g/mol. The van der Waals surface area contributed by atoms with E-state index >= 15 is 0 Å². The van der Waals surface area contributed by atoms with Crippen LogP contribution in [0, 0.1) is 18.6 Å². The van der Waals surface area contributed by atoms with E-state index in [-0.39, 0.29) is 29.1 Å². The first kappa shape index (κ1) is 17.1. The zero-order valence-corrected chi connectivity index (χ0v) is 13.9. The van der Waals surface area contributed by atoms with Crippen LogP contribution in [0.5, 0.6) is 0 Å². The number of nitrogens with zero attached hydrogens (tertiary/aromatic N) is 1. The highest BCUT2D eigenvalue weighted by atomic mass is 35.5. The molecule has 3 rings (SSSR count). The smallest absolute Gasteiger partial charge is 0.257 e. The van der Waals surface area contributed by atoms with E-state index in [4.69, 9.17) is 16.1 Å². The summed E-state index contributed by atoms with van der Waals surface area (Å²) in [7, 11) is 0. The normalized spacial score (nSPS) is 10.7. The molecule has 0 fully saturated rings. The Labute approximate surface area is 147 Å². The number of nitrogens with one attached hydrogen (secondary N) is 1. The lowest BCUT2D eigenvalue weighted by Crippen LogP contribution is -2.24. The van der Waals surface area contributed by atoms with E-state index in [0.717, 1.165) is 17.7 Å². The van der Waals surface area contributed by atoms with Crippen LogP contribution >= 0.6 is 11.6 Å². The first-order valence-corrected chi connectivity index (χ1v) is 7.78. The van der Waals surface area contributed by atoms with Crippen LogP contribution in [0.25, 0.3) is 11.3 Å². The summed E-state index contributed by atoms with van der Waals surface area (Å²) in [6.07, 6.45) is 0. The van der Waals surface area contributed by atoms with Crippen LogP contribution in [-0.2, 0) is 6.54 Å². The summed E-state index contributed by atoms with van der Waals surface area (Å²) in [5.41, 5.74) is 0.839. The number of benzene rings is 2. The van der Waals surface area contributed by atoms with Gasteiger partial charge in [0.2, 0.25) is 0 Å². The number of aryl methyl sites for hydroxylation is 1. The molecule has 1 N–H and O–H groups in total. The van der Waals surface area contributed by atoms with Gasteiger partial charge in [0.1, 0.15) is 28.7 Å². The predicted molar refractivity (Wildman–Crippen MR) is 89.2 cm³/mol. The van der Waals surface area contributed by atoms with Gasteiger partial charge < -0.3 is 9.84 Å². The standard InChI is InChI=1S/C18H13ClF2N2O2/c1-10-16(18(24)22-9-11-4-2-3-5-14(11)19)17(23-25-10)13-7-6-12(20)8-15(13)21/h2-8H,9H2,1H3,(H,22,24). The summed E-state index contributed by atoms with van der Waals surface area (Å²) in [5, 5.41) is 6.97. The highest BCUT2D eigenvalue weighted by Gasteiger charge is 2.23. The predicted octanol–water partition coefficient (Wildman–Crippen LogP) is 4.51. The second kappa shape index (κ2) is 7.03. The summed E-state index contributed by atoms with van der Waals surface area (Å²) in [5.74, 6) is -1.80. The maximum Gasteiger partial charge on any atom is 0.257 e. The van der Waals surface area contributed by atoms with Crippen molar-refractivity contribution in [2.75, 3.05) is 0 Å². The monoisotopic (exact) mass is 362 g/mol. The molecule has 1 aromatic heterocycles. The molecular formula is C18H13ClF2N2O2. The molecule has 0 bridgehead atoms. The molecule has 0 saturated heterocycles. The zero-order chi connectivity index (χ0) is 18.0. The van der Waals surface area contributed by atoms with E-state index in [0.29, 0.717) is 5.02 Å². The molecule has 2 aromatic carbocycles. The first-order valence-electron chi connectivity index (χ1n) is 7.40. The van der Waals surface area contributed by atoms with E-state index in [9.17, 15) is 13.6 Å². The van der Waals surface area contributed by atoms with Gasteiger partial charge in [0.15, 0.2) is 0 Å². The van der Waals surface area contributed by atoms with Gasteiger partial charge in [0.25, 0.3) is 5.91 Å². The van der Waals surface area contributed by atoms with Gasteiger partial charge in [-0.25, -0.2) is 8.78 Å². The van der Waals surface area contributed by atoms with Crippen LogP contribution in [0.15, 0.2) is 47.0 Å². The fraction of sp³-hybridized carbons (Fsp3) is 0.111. The molecule has 25 heavy (non-hydrogen) atoms. The highest BCUT2D eigenvalue weighted by molar-refractivity contribution is 6.31. The largest absolute Gasteiger partial charge is 0.360 e. The van der Waals surface area contributed by atoms with Crippen LogP contribution < -0.4 is 5.32 Å². The lowest BCUT2D eigenvalue weighted by Gasteiger charge is -2.08. The second-order valence-electron chi connectivity index (χ2n) is 5.36. The van der Waals surface area contributed by atoms with Crippen LogP contribution in [0.3, 0.4) is 0 Å². The van der Waals surface area contributed by atoms with Crippen LogP contribution in [0.1, 0.15) is 21.7 Å². The number of carbonyl (C=O) groups excluding carboxylic acids is 1. The molecule has 0 aliphatic heterocycles. The molecule has 0 aliphatic carbocycles. The Hall–Kier alpha value is -2.73. The Morgan fingerprint density at radius 1 is 1.24 bits per heavy atom. The van der Waals surface area contributed by atoms with Gasteiger partial charge in [-0.2, -0.15) is 0 Å². The Morgan fingerprint density at radius 3 is 2.72 bits per heavy atom. The third kappa shape index (κ3) is 3.53. The van der Waals surface area contributed by atoms with Crippen molar-refractivity contribution in [1.82, 2.24) is 10.5 Å². The molecule has 0 atom stereocenters. The molecule has 0 saturated carbocycles. The minimum absolute atomic E-state index is 0.0128. The topological polar surface area (TPSA) is 55.1 Å². The number of hydrogen-bond donors (Lipinski definition) is 1. The van der Waals surface area contributed by atoms with Crippen LogP contribution in [0.2, 0.25) is 5.02 Å². The SMILES string of the molecule is Cc1onc(-c2ccc(F)cc2F)c1C(=O)NCc1ccccc1Cl. The van der Waals surface area contributed by atoms with E-state index in [2.05, 4.69) is 10.5 Å². The van der Waals surface area contributed by atoms with Gasteiger partial charge in [0.05, 0.1) is 0 Å². The Kier molecular flexibility index (Phi) is 4.81. The Balaban J connectivity index is 1.88. The zero-order valence-electron chi connectivity index (χ0n) is 13.1. The molecule has 0 spiro atoms. The van der Waals surface area contributed by atoms with Gasteiger partial charge in [-0.1, -0.05) is 35.0 Å². The summed E-state index contributed by atoms with van der Waals surface area (Å²) in [6, 6.07) is 10.1. The maximum atomic E-state index is 14.0. The molecule has 3 aromatic rings. The van der Waals surface area contributed by atoms with Crippen molar-refractivity contribution < 1.29 is 18.1 Å². The number of halogens is 3. The third-order valence-corrected chi connectivity index (χ3v) is 4.04. The van der Waals surface area contributed by atoms with Crippen LogP contribution in [0.4, 0.5) is 8.78 Å². The Morgan fingerprint density at radius 2 is 2.00 bits per heavy atom. The first-order chi connectivity index (χ1) is 12.0. The van der Waals surface area contributed by atoms with Gasteiger partial charge in [-0.3, -0.25) is 4.79 Å². The molecule has 1 amide bonds. The van der Waals surface area contributed by atoms with E-state index in [1.54, 1.807) is 31.2 Å². The van der Waals surface area contributed by atoms with Gasteiger partial charge in [0, 0.05) is 23.2 Å². The fourth-order valence-electron chi connectivity index (χ4n) is 2.41. The summed E-state index contributed by atoms with van der Waals surface area (Å²) >= 11 is 6.06. The second-order valence-corrected chi connectivity index (χ2v) is 5.77. The maximum absolute atomic E-state index is 14.0. The average molecular weight is 363 g/mol. The number of amides is 1. The molecule has 128 valence electrons. The van der Waals surface area contributed by atoms with Gasteiger partial charge >= 0.3 is 0 Å². The van der Waals surface area contributed by atoms with Crippen molar-refractivity contribution in [2.45, 2.75) is 13.5 Å². The van der Waals surface area contributed by atoms with Crippen molar-refractivity contribution in [3.05, 3.63) is 76.0 Å². The molecule has 0 unspecified atom stereocenters. The lowest BCUT2D eigenvalue weighted by atomic mass is 10.0. The van der Waals surface area contributed by atoms with Crippen molar-refractivity contribution in [2.24, 2.45) is 0 Å². The molecule has 4 nitrogen and oxygen atoms in total. The highest BCUT2D eigenvalue weighted by Crippen LogP contribution is 2.28. The molecule has 7 heteroatoms. The van der Waals surface area contributed by atoms with Crippen molar-refractivity contribution in [3.63, 3.8) is 0 Å². The van der Waals surface area contributed by atoms with Gasteiger partial charge in [-0.15, -0.1) is 0 Å². The van der Waals surface area contributed by atoms with Crippen molar-refractivity contribution in [1.29, 1.82) is 0 Å². The molecule has 0 aliphatic rings. The van der Waals surface area contributed by atoms with E-state index in [1.807, 2.05) is 0 Å². The molecule has 0 radical (unpaired) electrons. The lowest BCUT2D eigenvalue weighted by molar-refractivity contribution is 0.0950. The third-order valence-electron chi connectivity index (χ3n) is 3.67. The van der Waals surface area contributed by atoms with Gasteiger partial charge in [-0.05, 0) is 30.7 Å². The summed E-state index contributed by atoms with van der Waals surface area (Å²) < 4.78 is 32.2. The van der Waals surface area contributed by atoms with Crippen molar-refractivity contribution >= 4 is 17.5 Å². The number of aromatic nitrogens is 1. The quantitative estimate of drug-likeness (QED) is 0.742. The summed E-state index contributed by atoms with van der Waals surface area (Å²) in [6.45, 7) is 1.73. The summed E-state index contributed by atoms with van der Waals surface area (Å²) in [4.78, 5) is 12.5. The minimum atomic E-state index is -0.826. The molecule has 1 heterocycles. The number of hydrogen-bond acceptors (Lipinski definition) is 3. The minimum Gasteiger partial charge on any atom is -0.360 e. The number of rotatable bonds is 4. The Bertz CT molecular complexity index is 941. The average Bonchev–Trinajstić information content (AvgIpc) is 2.95. The van der Waals surface area contributed by atoms with Crippen molar-refractivity contribution in [3.8, 4) is 11.3 Å².